The number of aliphatic imine (C=N–C) groups is 1. The van der Waals surface area contributed by atoms with Gasteiger partial charge in [0.15, 0.2) is 0 Å². The summed E-state index contributed by atoms with van der Waals surface area (Å²) in [7, 11) is 0. The van der Waals surface area contributed by atoms with Gasteiger partial charge < -0.3 is 4.90 Å². The predicted molar refractivity (Wildman–Crippen MR) is 66.7 cm³/mol. The van der Waals surface area contributed by atoms with E-state index in [1.165, 1.54) is 0 Å². The average molecular weight is 206 g/mol. The molecule has 0 atom stereocenters. The Balaban J connectivity index is 2.15. The molecular formula is C14H10N2. The van der Waals surface area contributed by atoms with Crippen LogP contribution < -0.4 is 4.90 Å². The quantitative estimate of drug-likeness (QED) is 0.695. The van der Waals surface area contributed by atoms with Gasteiger partial charge in [-0.3, -0.25) is 0 Å². The fourth-order valence-corrected chi connectivity index (χ4v) is 1.79. The van der Waals surface area contributed by atoms with Gasteiger partial charge in [0.2, 0.25) is 0 Å². The van der Waals surface area contributed by atoms with Crippen molar-refractivity contribution < 1.29 is 0 Å². The molecule has 1 heterocycles. The molecule has 0 aliphatic carbocycles. The van der Waals surface area contributed by atoms with E-state index in [-0.39, 0.29) is 0 Å². The molecule has 3 rings (SSSR count). The summed E-state index contributed by atoms with van der Waals surface area (Å²) in [4.78, 5) is 6.31. The SMILES string of the molecule is C1=CN(c2ccccc2)c2ccccc2N=1. The fraction of sp³-hybridized carbons (Fsp3) is 0. The minimum Gasteiger partial charge on any atom is -0.306 e. The molecule has 0 saturated heterocycles. The smallest absolute Gasteiger partial charge is 0.0970 e. The third-order valence-electron chi connectivity index (χ3n) is 2.55. The minimum absolute atomic E-state index is 0.953. The van der Waals surface area contributed by atoms with Gasteiger partial charge in [-0.2, -0.15) is 0 Å². The van der Waals surface area contributed by atoms with Gasteiger partial charge >= 0.3 is 0 Å². The summed E-state index contributed by atoms with van der Waals surface area (Å²) in [5.74, 6) is 2.92. The number of benzene rings is 2. The third kappa shape index (κ3) is 1.42. The van der Waals surface area contributed by atoms with Crippen LogP contribution in [0.1, 0.15) is 0 Å². The molecule has 0 fully saturated rings. The van der Waals surface area contributed by atoms with Gasteiger partial charge in [-0.25, -0.2) is 4.99 Å². The van der Waals surface area contributed by atoms with Crippen molar-refractivity contribution in [2.75, 3.05) is 4.90 Å². The van der Waals surface area contributed by atoms with Crippen LogP contribution >= 0.6 is 0 Å². The van der Waals surface area contributed by atoms with E-state index < -0.39 is 0 Å². The molecule has 0 aromatic heterocycles. The van der Waals surface area contributed by atoms with Gasteiger partial charge in [0.25, 0.3) is 0 Å². The fourth-order valence-electron chi connectivity index (χ4n) is 1.79. The molecule has 2 aromatic rings. The number of rotatable bonds is 1. The van der Waals surface area contributed by atoms with E-state index in [4.69, 9.17) is 0 Å². The molecule has 2 aromatic carbocycles. The van der Waals surface area contributed by atoms with Crippen molar-refractivity contribution in [2.45, 2.75) is 0 Å². The van der Waals surface area contributed by atoms with Crippen molar-refractivity contribution in [3.05, 3.63) is 60.8 Å². The first-order valence-corrected chi connectivity index (χ1v) is 5.18. The van der Waals surface area contributed by atoms with Crippen LogP contribution in [-0.4, -0.2) is 5.87 Å². The first-order valence-electron chi connectivity index (χ1n) is 5.18. The molecule has 0 amide bonds. The minimum atomic E-state index is 0.953. The maximum absolute atomic E-state index is 4.22. The van der Waals surface area contributed by atoms with Gasteiger partial charge in [-0.15, -0.1) is 0 Å². The van der Waals surface area contributed by atoms with Crippen molar-refractivity contribution in [1.29, 1.82) is 0 Å². The van der Waals surface area contributed by atoms with E-state index in [0.29, 0.717) is 0 Å². The zero-order valence-corrected chi connectivity index (χ0v) is 8.67. The zero-order chi connectivity index (χ0) is 10.8. The maximum Gasteiger partial charge on any atom is 0.0970 e. The molecule has 2 nitrogen and oxygen atoms in total. The summed E-state index contributed by atoms with van der Waals surface area (Å²) < 4.78 is 0. The Hall–Kier alpha value is -2.31. The lowest BCUT2D eigenvalue weighted by atomic mass is 10.2. The molecule has 0 spiro atoms. The molecule has 0 N–H and O–H groups in total. The zero-order valence-electron chi connectivity index (χ0n) is 8.67. The first kappa shape index (κ1) is 8.96. The van der Waals surface area contributed by atoms with Crippen LogP contribution in [0.5, 0.6) is 0 Å². The van der Waals surface area contributed by atoms with Crippen LogP contribution in [0.3, 0.4) is 0 Å². The van der Waals surface area contributed by atoms with Crippen LogP contribution in [0.2, 0.25) is 0 Å². The monoisotopic (exact) mass is 206 g/mol. The van der Waals surface area contributed by atoms with Crippen molar-refractivity contribution in [3.63, 3.8) is 0 Å². The molecule has 1 aliphatic heterocycles. The number of hydrogen-bond donors (Lipinski definition) is 0. The van der Waals surface area contributed by atoms with Crippen LogP contribution in [0, 0.1) is 0 Å². The Kier molecular flexibility index (Phi) is 2.06. The van der Waals surface area contributed by atoms with E-state index in [9.17, 15) is 0 Å². The standard InChI is InChI=1S/C14H10N2/c1-2-6-12(7-3-1)16-11-10-15-13-8-4-5-9-14(13)16/h1-9,11H. The van der Waals surface area contributed by atoms with Crippen molar-refractivity contribution in [3.8, 4) is 0 Å². The average Bonchev–Trinajstić information content (AvgIpc) is 2.39. The molecule has 1 aliphatic rings. The van der Waals surface area contributed by atoms with Gasteiger partial charge in [0.1, 0.15) is 0 Å². The second kappa shape index (κ2) is 3.69. The van der Waals surface area contributed by atoms with E-state index in [1.807, 2.05) is 42.6 Å². The van der Waals surface area contributed by atoms with Crippen molar-refractivity contribution >= 4 is 22.9 Å². The van der Waals surface area contributed by atoms with Crippen LogP contribution in [0.25, 0.3) is 0 Å². The Bertz CT molecular complexity index is 566. The summed E-state index contributed by atoms with van der Waals surface area (Å²) >= 11 is 0. The lowest BCUT2D eigenvalue weighted by Gasteiger charge is -2.22. The molecular weight excluding hydrogens is 196 g/mol. The topological polar surface area (TPSA) is 15.6 Å². The van der Waals surface area contributed by atoms with E-state index in [0.717, 1.165) is 17.1 Å². The molecule has 0 unspecified atom stereocenters. The van der Waals surface area contributed by atoms with Crippen LogP contribution in [-0.2, 0) is 0 Å². The highest BCUT2D eigenvalue weighted by Crippen LogP contribution is 2.35. The molecule has 76 valence electrons. The Morgan fingerprint density at radius 1 is 0.875 bits per heavy atom. The summed E-state index contributed by atoms with van der Waals surface area (Å²) in [6.45, 7) is 0. The van der Waals surface area contributed by atoms with E-state index in [2.05, 4.69) is 34.0 Å². The highest BCUT2D eigenvalue weighted by atomic mass is 15.1. The lowest BCUT2D eigenvalue weighted by Crippen LogP contribution is -2.10. The molecule has 0 radical (unpaired) electrons. The van der Waals surface area contributed by atoms with Gasteiger partial charge in [0.05, 0.1) is 17.6 Å². The highest BCUT2D eigenvalue weighted by molar-refractivity contribution is 5.84. The number of fused-ring (bicyclic) bond motifs is 1. The summed E-state index contributed by atoms with van der Waals surface area (Å²) in [5.41, 5.74) is 3.17. The molecule has 0 bridgehead atoms. The Morgan fingerprint density at radius 2 is 1.62 bits per heavy atom. The van der Waals surface area contributed by atoms with Crippen LogP contribution in [0.4, 0.5) is 17.1 Å². The van der Waals surface area contributed by atoms with Gasteiger partial charge in [-0.1, -0.05) is 30.3 Å². The number of nitrogens with zero attached hydrogens (tertiary/aromatic N) is 2. The number of anilines is 2. The predicted octanol–water partition coefficient (Wildman–Crippen LogP) is 3.65. The number of para-hydroxylation sites is 3. The second-order valence-corrected chi connectivity index (χ2v) is 3.56. The Morgan fingerprint density at radius 3 is 2.50 bits per heavy atom. The Labute approximate surface area is 94.2 Å². The normalized spacial score (nSPS) is 12.6. The van der Waals surface area contributed by atoms with E-state index >= 15 is 0 Å². The van der Waals surface area contributed by atoms with Gasteiger partial charge in [-0.05, 0) is 24.3 Å². The summed E-state index contributed by atoms with van der Waals surface area (Å²) in [6.07, 6.45) is 1.86. The van der Waals surface area contributed by atoms with Gasteiger partial charge in [0, 0.05) is 11.6 Å². The number of hydrogen-bond acceptors (Lipinski definition) is 2. The molecule has 2 heteroatoms. The first-order chi connectivity index (χ1) is 7.95. The van der Waals surface area contributed by atoms with Crippen molar-refractivity contribution in [2.24, 2.45) is 4.99 Å². The van der Waals surface area contributed by atoms with E-state index in [1.54, 1.807) is 0 Å². The second-order valence-electron chi connectivity index (χ2n) is 3.56. The molecule has 16 heavy (non-hydrogen) atoms. The maximum atomic E-state index is 4.22. The van der Waals surface area contributed by atoms with Crippen LogP contribution in [0.15, 0.2) is 65.8 Å². The highest BCUT2D eigenvalue weighted by Gasteiger charge is 2.12. The van der Waals surface area contributed by atoms with Crippen molar-refractivity contribution in [1.82, 2.24) is 0 Å². The lowest BCUT2D eigenvalue weighted by molar-refractivity contribution is 1.27. The largest absolute Gasteiger partial charge is 0.306 e. The third-order valence-corrected chi connectivity index (χ3v) is 2.55. The summed E-state index contributed by atoms with van der Waals surface area (Å²) in [6, 6.07) is 18.3. The molecule has 0 saturated carbocycles. The summed E-state index contributed by atoms with van der Waals surface area (Å²) in [5, 5.41) is 0.